The summed E-state index contributed by atoms with van der Waals surface area (Å²) in [5, 5.41) is 10.2. The Bertz CT molecular complexity index is 656. The summed E-state index contributed by atoms with van der Waals surface area (Å²) in [4.78, 5) is 2.09. The SMILES string of the molecule is O=S(=O)(Cc1ccccc1)N1CCN(C[C@H](O)COC[C@@H]2CCCO2)CC1. The standard InChI is InChI=1S/C19H30N2O5S/c22-18(14-25-15-19-7-4-12-26-19)13-20-8-10-21(11-9-20)27(23,24)16-17-5-2-1-3-6-17/h1-3,5-6,18-19,22H,4,7-16H2/t18-,19-/m0/s1. The van der Waals surface area contributed by atoms with E-state index in [-0.39, 0.29) is 18.5 Å². The van der Waals surface area contributed by atoms with Gasteiger partial charge in [-0.15, -0.1) is 0 Å². The summed E-state index contributed by atoms with van der Waals surface area (Å²) < 4.78 is 37.8. The van der Waals surface area contributed by atoms with Crippen LogP contribution in [0.3, 0.4) is 0 Å². The minimum Gasteiger partial charge on any atom is -0.389 e. The highest BCUT2D eigenvalue weighted by molar-refractivity contribution is 7.88. The zero-order chi connectivity index (χ0) is 19.1. The van der Waals surface area contributed by atoms with E-state index in [0.29, 0.717) is 39.3 Å². The van der Waals surface area contributed by atoms with E-state index < -0.39 is 16.1 Å². The number of rotatable bonds is 9. The van der Waals surface area contributed by atoms with Gasteiger partial charge in [-0.25, -0.2) is 8.42 Å². The average molecular weight is 399 g/mol. The van der Waals surface area contributed by atoms with Crippen LogP contribution in [0, 0.1) is 0 Å². The normalized spacial score (nSPS) is 23.5. The van der Waals surface area contributed by atoms with Crippen LogP contribution in [0.1, 0.15) is 18.4 Å². The molecular formula is C19H30N2O5S. The van der Waals surface area contributed by atoms with Crippen molar-refractivity contribution >= 4 is 10.0 Å². The summed E-state index contributed by atoms with van der Waals surface area (Å²) in [6, 6.07) is 9.25. The number of piperazine rings is 1. The molecule has 2 fully saturated rings. The number of sulfonamides is 1. The molecule has 0 saturated carbocycles. The van der Waals surface area contributed by atoms with E-state index in [1.807, 2.05) is 30.3 Å². The summed E-state index contributed by atoms with van der Waals surface area (Å²) in [6.07, 6.45) is 1.69. The van der Waals surface area contributed by atoms with Crippen molar-refractivity contribution < 1.29 is 23.0 Å². The predicted molar refractivity (Wildman–Crippen MR) is 103 cm³/mol. The van der Waals surface area contributed by atoms with Crippen molar-refractivity contribution in [3.8, 4) is 0 Å². The number of aliphatic hydroxyl groups excluding tert-OH is 1. The molecule has 2 saturated heterocycles. The first-order valence-corrected chi connectivity index (χ1v) is 11.3. The van der Waals surface area contributed by atoms with Crippen LogP contribution < -0.4 is 0 Å². The van der Waals surface area contributed by atoms with Crippen molar-refractivity contribution in [2.45, 2.75) is 30.8 Å². The number of nitrogens with zero attached hydrogens (tertiary/aromatic N) is 2. The van der Waals surface area contributed by atoms with Gasteiger partial charge in [-0.1, -0.05) is 30.3 Å². The second-order valence-corrected chi connectivity index (χ2v) is 9.24. The third-order valence-electron chi connectivity index (χ3n) is 5.02. The Morgan fingerprint density at radius 1 is 1.19 bits per heavy atom. The fourth-order valence-corrected chi connectivity index (χ4v) is 5.04. The lowest BCUT2D eigenvalue weighted by Gasteiger charge is -2.34. The molecule has 1 aromatic carbocycles. The molecule has 3 rings (SSSR count). The molecule has 0 spiro atoms. The third kappa shape index (κ3) is 6.51. The van der Waals surface area contributed by atoms with E-state index in [1.54, 1.807) is 4.31 Å². The van der Waals surface area contributed by atoms with Crippen LogP contribution in [0.15, 0.2) is 30.3 Å². The average Bonchev–Trinajstić information content (AvgIpc) is 3.16. The number of hydrogen-bond donors (Lipinski definition) is 1. The quantitative estimate of drug-likeness (QED) is 0.659. The van der Waals surface area contributed by atoms with Crippen molar-refractivity contribution in [2.75, 3.05) is 52.5 Å². The zero-order valence-corrected chi connectivity index (χ0v) is 16.5. The maximum atomic E-state index is 12.6. The number of hydrogen-bond acceptors (Lipinski definition) is 6. The van der Waals surface area contributed by atoms with E-state index in [0.717, 1.165) is 25.0 Å². The maximum Gasteiger partial charge on any atom is 0.218 e. The number of ether oxygens (including phenoxy) is 2. The molecule has 0 aliphatic carbocycles. The third-order valence-corrected chi connectivity index (χ3v) is 6.87. The van der Waals surface area contributed by atoms with Crippen LogP contribution in [-0.2, 0) is 25.2 Å². The summed E-state index contributed by atoms with van der Waals surface area (Å²) in [5.74, 6) is 0.0353. The van der Waals surface area contributed by atoms with Crippen molar-refractivity contribution in [3.05, 3.63) is 35.9 Å². The van der Waals surface area contributed by atoms with E-state index in [4.69, 9.17) is 9.47 Å². The maximum absolute atomic E-state index is 12.6. The molecule has 152 valence electrons. The van der Waals surface area contributed by atoms with E-state index in [2.05, 4.69) is 4.90 Å². The van der Waals surface area contributed by atoms with Crippen LogP contribution in [-0.4, -0.2) is 87.5 Å². The van der Waals surface area contributed by atoms with Crippen LogP contribution in [0.4, 0.5) is 0 Å². The Morgan fingerprint density at radius 2 is 1.93 bits per heavy atom. The van der Waals surface area contributed by atoms with Crippen LogP contribution in [0.2, 0.25) is 0 Å². The summed E-state index contributed by atoms with van der Waals surface area (Å²) >= 11 is 0. The molecule has 7 nitrogen and oxygen atoms in total. The molecule has 2 aliphatic rings. The van der Waals surface area contributed by atoms with Crippen LogP contribution >= 0.6 is 0 Å². The first-order chi connectivity index (χ1) is 13.0. The molecule has 0 radical (unpaired) electrons. The first kappa shape index (κ1) is 20.7. The predicted octanol–water partition coefficient (Wildman–Crippen LogP) is 0.691. The first-order valence-electron chi connectivity index (χ1n) is 9.64. The van der Waals surface area contributed by atoms with E-state index >= 15 is 0 Å². The van der Waals surface area contributed by atoms with Crippen molar-refractivity contribution in [1.82, 2.24) is 9.21 Å². The molecule has 0 bridgehead atoms. The van der Waals surface area contributed by atoms with Gasteiger partial charge in [0.15, 0.2) is 0 Å². The lowest BCUT2D eigenvalue weighted by atomic mass is 10.2. The molecular weight excluding hydrogens is 368 g/mol. The zero-order valence-electron chi connectivity index (χ0n) is 15.7. The highest BCUT2D eigenvalue weighted by Crippen LogP contribution is 2.14. The number of benzene rings is 1. The fourth-order valence-electron chi connectivity index (χ4n) is 3.53. The van der Waals surface area contributed by atoms with Gasteiger partial charge in [0.2, 0.25) is 10.0 Å². The Morgan fingerprint density at radius 3 is 2.59 bits per heavy atom. The fraction of sp³-hybridized carbons (Fsp3) is 0.684. The summed E-state index contributed by atoms with van der Waals surface area (Å²) in [7, 11) is -3.31. The summed E-state index contributed by atoms with van der Waals surface area (Å²) in [6.45, 7) is 4.27. The van der Waals surface area contributed by atoms with Gasteiger partial charge in [-0.2, -0.15) is 4.31 Å². The largest absolute Gasteiger partial charge is 0.389 e. The molecule has 1 aromatic rings. The van der Waals surface area contributed by atoms with Crippen molar-refractivity contribution in [3.63, 3.8) is 0 Å². The molecule has 8 heteroatoms. The van der Waals surface area contributed by atoms with E-state index in [9.17, 15) is 13.5 Å². The smallest absolute Gasteiger partial charge is 0.218 e. The van der Waals surface area contributed by atoms with Gasteiger partial charge in [0.25, 0.3) is 0 Å². The molecule has 2 heterocycles. The van der Waals surface area contributed by atoms with Gasteiger partial charge >= 0.3 is 0 Å². The van der Waals surface area contributed by atoms with E-state index in [1.165, 1.54) is 0 Å². The minimum atomic E-state index is -3.31. The van der Waals surface area contributed by atoms with Gasteiger partial charge in [-0.05, 0) is 18.4 Å². The van der Waals surface area contributed by atoms with Gasteiger partial charge in [-0.3, -0.25) is 4.90 Å². The van der Waals surface area contributed by atoms with Crippen molar-refractivity contribution in [2.24, 2.45) is 0 Å². The monoisotopic (exact) mass is 398 g/mol. The van der Waals surface area contributed by atoms with Crippen molar-refractivity contribution in [1.29, 1.82) is 0 Å². The lowest BCUT2D eigenvalue weighted by Crippen LogP contribution is -2.51. The minimum absolute atomic E-state index is 0.0353. The second-order valence-electron chi connectivity index (χ2n) is 7.27. The van der Waals surface area contributed by atoms with Gasteiger partial charge in [0, 0.05) is 39.3 Å². The molecule has 27 heavy (non-hydrogen) atoms. The molecule has 0 aromatic heterocycles. The highest BCUT2D eigenvalue weighted by Gasteiger charge is 2.28. The number of β-amino-alcohol motifs (C(OH)–C–C–N with tert-alkyl or cyclic N) is 1. The van der Waals surface area contributed by atoms with Crippen LogP contribution in [0.25, 0.3) is 0 Å². The lowest BCUT2D eigenvalue weighted by molar-refractivity contribution is -0.0270. The Kier molecular flexibility index (Phi) is 7.63. The van der Waals surface area contributed by atoms with Gasteiger partial charge < -0.3 is 14.6 Å². The molecule has 0 amide bonds. The summed E-state index contributed by atoms with van der Waals surface area (Å²) in [5.41, 5.74) is 0.804. The van der Waals surface area contributed by atoms with Gasteiger partial charge in [0.05, 0.1) is 31.2 Å². The van der Waals surface area contributed by atoms with Gasteiger partial charge in [0.1, 0.15) is 0 Å². The Labute approximate surface area is 161 Å². The van der Waals surface area contributed by atoms with Crippen LogP contribution in [0.5, 0.6) is 0 Å². The second kappa shape index (κ2) is 9.95. The Balaban J connectivity index is 1.36. The molecule has 2 atom stereocenters. The highest BCUT2D eigenvalue weighted by atomic mass is 32.2. The Hall–Kier alpha value is -1.03. The topological polar surface area (TPSA) is 79.3 Å². The number of aliphatic hydroxyl groups is 1. The molecule has 1 N–H and O–H groups in total. The molecule has 0 unspecified atom stereocenters. The molecule has 2 aliphatic heterocycles.